The van der Waals surface area contributed by atoms with Gasteiger partial charge in [-0.25, -0.2) is 0 Å². The van der Waals surface area contributed by atoms with Crippen LogP contribution in [0.15, 0.2) is 17.1 Å². The van der Waals surface area contributed by atoms with E-state index in [1.807, 2.05) is 0 Å². The number of nitrogens with zero attached hydrogens (tertiary/aromatic N) is 2. The average Bonchev–Trinajstić information content (AvgIpc) is 3.38. The first-order valence-electron chi connectivity index (χ1n) is 10.2. The summed E-state index contributed by atoms with van der Waals surface area (Å²) in [7, 11) is 3.37. The topological polar surface area (TPSA) is 92.3 Å². The van der Waals surface area contributed by atoms with E-state index in [-0.39, 0.29) is 59.5 Å². The number of imide groups is 1. The smallest absolute Gasteiger partial charge is 0.233 e. The highest BCUT2D eigenvalue weighted by molar-refractivity contribution is 14.0. The first-order valence-corrected chi connectivity index (χ1v) is 10.2. The van der Waals surface area contributed by atoms with Gasteiger partial charge in [-0.15, -0.1) is 24.0 Å². The zero-order valence-corrected chi connectivity index (χ0v) is 19.6. The van der Waals surface area contributed by atoms with Gasteiger partial charge in [0.05, 0.1) is 25.0 Å². The van der Waals surface area contributed by atoms with Crippen molar-refractivity contribution >= 4 is 41.8 Å². The van der Waals surface area contributed by atoms with Crippen LogP contribution in [0.4, 0.5) is 0 Å². The summed E-state index contributed by atoms with van der Waals surface area (Å²) < 4.78 is 10.4. The van der Waals surface area contributed by atoms with Crippen molar-refractivity contribution < 1.29 is 19.1 Å². The molecule has 0 aromatic rings. The Morgan fingerprint density at radius 2 is 1.72 bits per heavy atom. The Morgan fingerprint density at radius 1 is 1.07 bits per heavy atom. The fourth-order valence-corrected chi connectivity index (χ4v) is 4.47. The van der Waals surface area contributed by atoms with Gasteiger partial charge in [0, 0.05) is 40.4 Å². The molecule has 2 N–H and O–H groups in total. The molecule has 4 atom stereocenters. The molecule has 8 nitrogen and oxygen atoms in total. The number of hydrogen-bond acceptors (Lipinski definition) is 5. The third-order valence-corrected chi connectivity index (χ3v) is 5.85. The molecule has 2 bridgehead atoms. The Bertz CT molecular complexity index is 598. The van der Waals surface area contributed by atoms with Crippen LogP contribution in [0.2, 0.25) is 0 Å². The van der Waals surface area contributed by atoms with Crippen LogP contribution in [0, 0.1) is 23.7 Å². The maximum Gasteiger partial charge on any atom is 0.233 e. The maximum atomic E-state index is 12.6. The molecule has 0 radical (unpaired) electrons. The van der Waals surface area contributed by atoms with Crippen molar-refractivity contribution in [3.8, 4) is 0 Å². The summed E-state index contributed by atoms with van der Waals surface area (Å²) in [6, 6.07) is 0. The third kappa shape index (κ3) is 5.69. The molecular formula is C20H33IN4O4. The van der Waals surface area contributed by atoms with E-state index in [1.165, 1.54) is 4.90 Å². The van der Waals surface area contributed by atoms with Crippen LogP contribution in [-0.4, -0.2) is 76.3 Å². The van der Waals surface area contributed by atoms with Crippen molar-refractivity contribution in [2.45, 2.75) is 19.3 Å². The zero-order chi connectivity index (χ0) is 19.9. The van der Waals surface area contributed by atoms with E-state index < -0.39 is 0 Å². The number of ether oxygens (including phenoxy) is 2. The van der Waals surface area contributed by atoms with Gasteiger partial charge in [-0.2, -0.15) is 0 Å². The molecule has 0 spiro atoms. The first-order chi connectivity index (χ1) is 13.7. The number of nitrogens with one attached hydrogen (secondary N) is 2. The molecule has 9 heteroatoms. The number of guanidine groups is 1. The highest BCUT2D eigenvalue weighted by atomic mass is 127. The normalized spacial score (nSPS) is 27.4. The van der Waals surface area contributed by atoms with Crippen LogP contribution >= 0.6 is 24.0 Å². The largest absolute Gasteiger partial charge is 0.382 e. The number of likely N-dealkylation sites (tertiary alicyclic amines) is 1. The summed E-state index contributed by atoms with van der Waals surface area (Å²) in [5.41, 5.74) is 0. The number of unbranched alkanes of at least 4 members (excludes halogenated alkanes) is 1. The van der Waals surface area contributed by atoms with Gasteiger partial charge >= 0.3 is 0 Å². The molecule has 2 fully saturated rings. The van der Waals surface area contributed by atoms with Gasteiger partial charge in [-0.05, 0) is 31.1 Å². The Morgan fingerprint density at radius 3 is 2.34 bits per heavy atom. The van der Waals surface area contributed by atoms with Crippen LogP contribution in [-0.2, 0) is 19.1 Å². The summed E-state index contributed by atoms with van der Waals surface area (Å²) in [6.07, 6.45) is 7.13. The molecule has 1 aliphatic heterocycles. The van der Waals surface area contributed by atoms with E-state index in [2.05, 4.69) is 27.8 Å². The Balaban J connectivity index is 0.00000300. The molecule has 164 valence electrons. The predicted molar refractivity (Wildman–Crippen MR) is 121 cm³/mol. The second-order valence-electron chi connectivity index (χ2n) is 7.57. The molecule has 1 saturated heterocycles. The van der Waals surface area contributed by atoms with Crippen LogP contribution < -0.4 is 10.6 Å². The summed E-state index contributed by atoms with van der Waals surface area (Å²) in [5, 5.41) is 6.43. The molecule has 3 rings (SSSR count). The first kappa shape index (κ1) is 24.1. The second-order valence-corrected chi connectivity index (χ2v) is 7.57. The Kier molecular flexibility index (Phi) is 9.84. The van der Waals surface area contributed by atoms with E-state index in [0.717, 1.165) is 32.4 Å². The molecule has 0 aromatic carbocycles. The number of aliphatic imine (C=N–C) groups is 1. The summed E-state index contributed by atoms with van der Waals surface area (Å²) in [4.78, 5) is 30.9. The highest BCUT2D eigenvalue weighted by Gasteiger charge is 2.58. The number of carbonyl (C=O) groups excluding carboxylic acids is 2. The minimum Gasteiger partial charge on any atom is -0.382 e. The van der Waals surface area contributed by atoms with Crippen molar-refractivity contribution in [2.75, 3.05) is 53.6 Å². The molecule has 1 heterocycles. The predicted octanol–water partition coefficient (Wildman–Crippen LogP) is 1.02. The Labute approximate surface area is 189 Å². The Hall–Kier alpha value is -1.20. The molecule has 2 amide bonds. The summed E-state index contributed by atoms with van der Waals surface area (Å²) in [6.45, 7) is 3.64. The second kappa shape index (κ2) is 11.8. The lowest BCUT2D eigenvalue weighted by atomic mass is 9.85. The van der Waals surface area contributed by atoms with Crippen molar-refractivity contribution in [2.24, 2.45) is 28.7 Å². The number of hydrogen-bond donors (Lipinski definition) is 2. The third-order valence-electron chi connectivity index (χ3n) is 5.85. The molecule has 2 aliphatic carbocycles. The lowest BCUT2D eigenvalue weighted by Crippen LogP contribution is -2.43. The van der Waals surface area contributed by atoms with Gasteiger partial charge in [0.25, 0.3) is 0 Å². The van der Waals surface area contributed by atoms with E-state index in [0.29, 0.717) is 32.3 Å². The minimum atomic E-state index is -0.119. The van der Waals surface area contributed by atoms with E-state index in [9.17, 15) is 9.59 Å². The average molecular weight is 520 g/mol. The lowest BCUT2D eigenvalue weighted by molar-refractivity contribution is -0.140. The van der Waals surface area contributed by atoms with Crippen molar-refractivity contribution in [1.29, 1.82) is 0 Å². The minimum absolute atomic E-state index is 0. The van der Waals surface area contributed by atoms with Gasteiger partial charge in [0.1, 0.15) is 0 Å². The van der Waals surface area contributed by atoms with Crippen molar-refractivity contribution in [3.05, 3.63) is 12.2 Å². The van der Waals surface area contributed by atoms with Crippen molar-refractivity contribution in [3.63, 3.8) is 0 Å². The molecule has 29 heavy (non-hydrogen) atoms. The SMILES string of the molecule is CN=C(NCCCCOCCOC)NCCN1C(=O)C2C3C=CC(C3)C2C1=O.I. The highest BCUT2D eigenvalue weighted by Crippen LogP contribution is 2.52. The molecule has 0 aromatic heterocycles. The van der Waals surface area contributed by atoms with Crippen LogP contribution in [0.5, 0.6) is 0 Å². The summed E-state index contributed by atoms with van der Waals surface area (Å²) in [5.74, 6) is 0.975. The van der Waals surface area contributed by atoms with Crippen LogP contribution in [0.1, 0.15) is 19.3 Å². The van der Waals surface area contributed by atoms with Gasteiger partial charge in [-0.3, -0.25) is 19.5 Å². The number of allylic oxidation sites excluding steroid dienone is 2. The number of rotatable bonds is 11. The number of fused-ring (bicyclic) bond motifs is 5. The monoisotopic (exact) mass is 520 g/mol. The van der Waals surface area contributed by atoms with Gasteiger partial charge in [0.2, 0.25) is 11.8 Å². The lowest BCUT2D eigenvalue weighted by Gasteiger charge is -2.18. The van der Waals surface area contributed by atoms with Crippen molar-refractivity contribution in [1.82, 2.24) is 15.5 Å². The molecule has 4 unspecified atom stereocenters. The van der Waals surface area contributed by atoms with Crippen LogP contribution in [0.25, 0.3) is 0 Å². The molecular weight excluding hydrogens is 487 g/mol. The standard InChI is InChI=1S/C20H32N4O4.HI/c1-21-20(22-7-3-4-10-28-12-11-27-2)23-8-9-24-18(25)16-14-5-6-15(13-14)17(16)19(24)26;/h5-6,14-17H,3-4,7-13H2,1-2H3,(H2,21,22,23);1H. The van der Waals surface area contributed by atoms with Gasteiger partial charge in [-0.1, -0.05) is 12.2 Å². The van der Waals surface area contributed by atoms with E-state index in [4.69, 9.17) is 9.47 Å². The number of carbonyl (C=O) groups is 2. The van der Waals surface area contributed by atoms with Gasteiger partial charge in [0.15, 0.2) is 5.96 Å². The van der Waals surface area contributed by atoms with E-state index >= 15 is 0 Å². The number of amides is 2. The quantitative estimate of drug-likeness (QED) is 0.106. The van der Waals surface area contributed by atoms with Gasteiger partial charge < -0.3 is 20.1 Å². The fourth-order valence-electron chi connectivity index (χ4n) is 4.47. The zero-order valence-electron chi connectivity index (χ0n) is 17.3. The van der Waals surface area contributed by atoms with Crippen LogP contribution in [0.3, 0.4) is 0 Å². The summed E-state index contributed by atoms with van der Waals surface area (Å²) >= 11 is 0. The maximum absolute atomic E-state index is 12.6. The number of halogens is 1. The molecule has 1 saturated carbocycles. The van der Waals surface area contributed by atoms with E-state index in [1.54, 1.807) is 14.2 Å². The fraction of sp³-hybridized carbons (Fsp3) is 0.750. The number of methoxy groups -OCH3 is 1. The molecule has 3 aliphatic rings.